The molecule has 5 nitrogen and oxygen atoms in total. The van der Waals surface area contributed by atoms with Gasteiger partial charge < -0.3 is 22.9 Å². The Bertz CT molecular complexity index is 156. The molecule has 58 valence electrons. The van der Waals surface area contributed by atoms with E-state index < -0.39 is 11.3 Å². The average Bonchev–Trinajstić information content (AvgIpc) is 1.73. The molecule has 0 aromatic rings. The van der Waals surface area contributed by atoms with Crippen LogP contribution in [0.1, 0.15) is 12.8 Å². The molecule has 0 amide bonds. The minimum absolute atomic E-state index is 0.0694. The number of hydrogen-bond donors (Lipinski definition) is 4. The van der Waals surface area contributed by atoms with Gasteiger partial charge in [0, 0.05) is 12.8 Å². The predicted molar refractivity (Wildman–Crippen MR) is 36.5 cm³/mol. The number of carbonyl (C=O) groups is 1. The van der Waals surface area contributed by atoms with Gasteiger partial charge in [0.05, 0.1) is 0 Å². The minimum Gasteiger partial charge on any atom is -0.310 e. The lowest BCUT2D eigenvalue weighted by atomic mass is 10.0. The van der Waals surface area contributed by atoms with Crippen LogP contribution in [-0.2, 0) is 4.79 Å². The van der Waals surface area contributed by atoms with Gasteiger partial charge in [0.25, 0.3) is 0 Å². The molecular formula is C5H12N4O. The molecule has 0 radical (unpaired) electrons. The van der Waals surface area contributed by atoms with Gasteiger partial charge in [-0.2, -0.15) is 0 Å². The van der Waals surface area contributed by atoms with Crippen molar-refractivity contribution in [2.75, 3.05) is 0 Å². The normalized spacial score (nSPS) is 29.0. The Hall–Kier alpha value is -0.490. The van der Waals surface area contributed by atoms with Crippen molar-refractivity contribution >= 4 is 5.78 Å². The second-order valence-corrected chi connectivity index (χ2v) is 2.97. The predicted octanol–water partition coefficient (Wildman–Crippen LogP) is -2.42. The zero-order valence-corrected chi connectivity index (χ0v) is 5.63. The van der Waals surface area contributed by atoms with Crippen molar-refractivity contribution in [2.24, 2.45) is 22.9 Å². The third-order valence-electron chi connectivity index (χ3n) is 1.85. The Labute approximate surface area is 58.7 Å². The monoisotopic (exact) mass is 144 g/mol. The second kappa shape index (κ2) is 1.76. The summed E-state index contributed by atoms with van der Waals surface area (Å²) in [6, 6.07) is 0. The molecule has 1 saturated carbocycles. The van der Waals surface area contributed by atoms with E-state index in [9.17, 15) is 4.79 Å². The molecule has 10 heavy (non-hydrogen) atoms. The Morgan fingerprint density at radius 2 is 1.30 bits per heavy atom. The van der Waals surface area contributed by atoms with Gasteiger partial charge in [-0.3, -0.25) is 4.79 Å². The highest BCUT2D eigenvalue weighted by Gasteiger charge is 2.48. The van der Waals surface area contributed by atoms with Crippen LogP contribution < -0.4 is 22.9 Å². The van der Waals surface area contributed by atoms with E-state index in [1.807, 2.05) is 0 Å². The SMILES string of the molecule is NC1(N)CC(=O)CC1(N)N. The summed E-state index contributed by atoms with van der Waals surface area (Å²) in [5, 5.41) is 0. The van der Waals surface area contributed by atoms with E-state index in [0.717, 1.165) is 0 Å². The number of Topliss-reactive ketones (excluding diaryl/α,β-unsaturated/α-hetero) is 1. The summed E-state index contributed by atoms with van der Waals surface area (Å²) in [5.41, 5.74) is 19.3. The van der Waals surface area contributed by atoms with Gasteiger partial charge in [-0.1, -0.05) is 0 Å². The number of carbonyl (C=O) groups excluding carboxylic acids is 1. The highest BCUT2D eigenvalue weighted by atomic mass is 16.1. The van der Waals surface area contributed by atoms with Gasteiger partial charge >= 0.3 is 0 Å². The number of rotatable bonds is 0. The molecule has 0 saturated heterocycles. The summed E-state index contributed by atoms with van der Waals surface area (Å²) in [4.78, 5) is 10.8. The third kappa shape index (κ3) is 0.929. The summed E-state index contributed by atoms with van der Waals surface area (Å²) in [6.07, 6.45) is 0.139. The number of hydrogen-bond acceptors (Lipinski definition) is 5. The highest BCUT2D eigenvalue weighted by Crippen LogP contribution is 2.24. The number of nitrogens with two attached hydrogens (primary N) is 4. The maximum atomic E-state index is 10.8. The minimum atomic E-state index is -1.23. The van der Waals surface area contributed by atoms with Crippen molar-refractivity contribution in [1.82, 2.24) is 0 Å². The van der Waals surface area contributed by atoms with Gasteiger partial charge in [0.1, 0.15) is 17.1 Å². The van der Waals surface area contributed by atoms with Crippen molar-refractivity contribution in [3.63, 3.8) is 0 Å². The molecule has 0 heterocycles. The van der Waals surface area contributed by atoms with Gasteiger partial charge in [0.15, 0.2) is 0 Å². The molecule has 0 unspecified atom stereocenters. The van der Waals surface area contributed by atoms with Crippen LogP contribution in [0, 0.1) is 0 Å². The first kappa shape index (κ1) is 7.62. The fourth-order valence-electron chi connectivity index (χ4n) is 1.04. The first-order chi connectivity index (χ1) is 4.35. The van der Waals surface area contributed by atoms with Crippen LogP contribution in [0.2, 0.25) is 0 Å². The molecule has 1 fully saturated rings. The van der Waals surface area contributed by atoms with E-state index in [1.54, 1.807) is 0 Å². The summed E-state index contributed by atoms with van der Waals surface area (Å²) in [5.74, 6) is -0.0741. The fourth-order valence-corrected chi connectivity index (χ4v) is 1.04. The van der Waals surface area contributed by atoms with E-state index in [0.29, 0.717) is 0 Å². The number of ketones is 1. The van der Waals surface area contributed by atoms with Gasteiger partial charge in [-0.05, 0) is 0 Å². The maximum absolute atomic E-state index is 10.8. The summed E-state index contributed by atoms with van der Waals surface area (Å²) < 4.78 is 0. The average molecular weight is 144 g/mol. The van der Waals surface area contributed by atoms with Crippen LogP contribution in [0.5, 0.6) is 0 Å². The molecule has 1 aliphatic rings. The molecule has 0 bridgehead atoms. The van der Waals surface area contributed by atoms with Crippen LogP contribution in [0.25, 0.3) is 0 Å². The van der Waals surface area contributed by atoms with Gasteiger partial charge in [0.2, 0.25) is 0 Å². The standard InChI is InChI=1S/C5H12N4O/c6-4(7)1-3(10)2-5(4,8)9/h1-2,6-9H2. The van der Waals surface area contributed by atoms with Crippen LogP contribution in [0.3, 0.4) is 0 Å². The fraction of sp³-hybridized carbons (Fsp3) is 0.800. The zero-order valence-electron chi connectivity index (χ0n) is 5.63. The van der Waals surface area contributed by atoms with E-state index in [1.165, 1.54) is 0 Å². The Morgan fingerprint density at radius 3 is 1.40 bits per heavy atom. The Morgan fingerprint density at radius 1 is 1.00 bits per heavy atom. The lowest BCUT2D eigenvalue weighted by Crippen LogP contribution is -2.72. The van der Waals surface area contributed by atoms with Gasteiger partial charge in [-0.15, -0.1) is 0 Å². The summed E-state index contributed by atoms with van der Waals surface area (Å²) in [7, 11) is 0. The molecular weight excluding hydrogens is 132 g/mol. The van der Waals surface area contributed by atoms with E-state index in [-0.39, 0.29) is 18.6 Å². The van der Waals surface area contributed by atoms with Gasteiger partial charge in [-0.25, -0.2) is 0 Å². The van der Waals surface area contributed by atoms with Crippen LogP contribution in [0.15, 0.2) is 0 Å². The molecule has 0 aromatic carbocycles. The quantitative estimate of drug-likeness (QED) is 0.282. The topological polar surface area (TPSA) is 121 Å². The molecule has 0 aromatic heterocycles. The zero-order chi connectivity index (χ0) is 7.99. The van der Waals surface area contributed by atoms with Crippen molar-refractivity contribution in [3.05, 3.63) is 0 Å². The maximum Gasteiger partial charge on any atom is 0.139 e. The van der Waals surface area contributed by atoms with E-state index in [2.05, 4.69) is 0 Å². The second-order valence-electron chi connectivity index (χ2n) is 2.97. The van der Waals surface area contributed by atoms with Crippen molar-refractivity contribution in [3.8, 4) is 0 Å². The Kier molecular flexibility index (Phi) is 1.34. The van der Waals surface area contributed by atoms with E-state index in [4.69, 9.17) is 22.9 Å². The lowest BCUT2D eigenvalue weighted by Gasteiger charge is -2.32. The molecule has 5 heteroatoms. The molecule has 0 spiro atoms. The largest absolute Gasteiger partial charge is 0.310 e. The first-order valence-corrected chi connectivity index (χ1v) is 3.02. The Balaban J connectivity index is 2.88. The lowest BCUT2D eigenvalue weighted by molar-refractivity contribution is -0.117. The summed E-state index contributed by atoms with van der Waals surface area (Å²) in [6.45, 7) is 0. The van der Waals surface area contributed by atoms with Crippen molar-refractivity contribution < 1.29 is 4.79 Å². The highest BCUT2D eigenvalue weighted by molar-refractivity contribution is 5.84. The molecule has 8 N–H and O–H groups in total. The van der Waals surface area contributed by atoms with Crippen molar-refractivity contribution in [2.45, 2.75) is 24.2 Å². The van der Waals surface area contributed by atoms with Crippen molar-refractivity contribution in [1.29, 1.82) is 0 Å². The van der Waals surface area contributed by atoms with Crippen LogP contribution in [0.4, 0.5) is 0 Å². The molecule has 0 atom stereocenters. The van der Waals surface area contributed by atoms with Crippen LogP contribution >= 0.6 is 0 Å². The smallest absolute Gasteiger partial charge is 0.139 e. The van der Waals surface area contributed by atoms with Crippen LogP contribution in [-0.4, -0.2) is 17.1 Å². The molecule has 0 aliphatic heterocycles. The van der Waals surface area contributed by atoms with E-state index >= 15 is 0 Å². The summed E-state index contributed by atoms with van der Waals surface area (Å²) >= 11 is 0. The molecule has 1 aliphatic carbocycles. The molecule has 1 rings (SSSR count). The first-order valence-electron chi connectivity index (χ1n) is 3.02. The third-order valence-corrected chi connectivity index (χ3v) is 1.85.